The van der Waals surface area contributed by atoms with Crippen LogP contribution in [0.15, 0.2) is 54.9 Å². The van der Waals surface area contributed by atoms with Crippen molar-refractivity contribution in [2.75, 3.05) is 6.54 Å². The van der Waals surface area contributed by atoms with Crippen LogP contribution in [0.3, 0.4) is 0 Å². The molecule has 0 aliphatic carbocycles. The minimum Gasteiger partial charge on any atom is -0.354 e. The van der Waals surface area contributed by atoms with Gasteiger partial charge >= 0.3 is 0 Å². The van der Waals surface area contributed by atoms with Crippen LogP contribution in [0, 0.1) is 5.82 Å². The van der Waals surface area contributed by atoms with Crippen molar-refractivity contribution in [2.45, 2.75) is 13.0 Å². The van der Waals surface area contributed by atoms with Gasteiger partial charge in [-0.1, -0.05) is 6.07 Å². The van der Waals surface area contributed by atoms with Crippen molar-refractivity contribution in [3.63, 3.8) is 0 Å². The molecule has 5 heteroatoms. The summed E-state index contributed by atoms with van der Waals surface area (Å²) >= 11 is 0. The van der Waals surface area contributed by atoms with Crippen molar-refractivity contribution < 1.29 is 9.18 Å². The normalized spacial score (nSPS) is 10.8. The van der Waals surface area contributed by atoms with E-state index in [0.717, 1.165) is 16.6 Å². The molecule has 0 saturated carbocycles. The minimum absolute atomic E-state index is 0.0994. The predicted molar refractivity (Wildman–Crippen MR) is 82.8 cm³/mol. The van der Waals surface area contributed by atoms with Crippen LogP contribution in [0.5, 0.6) is 0 Å². The van der Waals surface area contributed by atoms with Gasteiger partial charge in [0, 0.05) is 31.1 Å². The van der Waals surface area contributed by atoms with E-state index in [2.05, 4.69) is 10.3 Å². The second kappa shape index (κ2) is 6.39. The highest BCUT2D eigenvalue weighted by Gasteiger charge is 2.07. The fourth-order valence-electron chi connectivity index (χ4n) is 2.38. The molecule has 1 aromatic carbocycles. The Morgan fingerprint density at radius 3 is 2.95 bits per heavy atom. The molecule has 0 unspecified atom stereocenters. The van der Waals surface area contributed by atoms with Crippen molar-refractivity contribution in [1.29, 1.82) is 0 Å². The van der Waals surface area contributed by atoms with Gasteiger partial charge in [0.25, 0.3) is 0 Å². The zero-order chi connectivity index (χ0) is 15.4. The summed E-state index contributed by atoms with van der Waals surface area (Å²) in [6.45, 7) is 0.707. The van der Waals surface area contributed by atoms with Crippen molar-refractivity contribution in [1.82, 2.24) is 14.9 Å². The third-order valence-corrected chi connectivity index (χ3v) is 3.48. The van der Waals surface area contributed by atoms with Crippen molar-refractivity contribution in [3.05, 3.63) is 66.4 Å². The van der Waals surface area contributed by atoms with E-state index in [1.165, 1.54) is 12.1 Å². The lowest BCUT2D eigenvalue weighted by Crippen LogP contribution is -2.29. The molecule has 1 N–H and O–H groups in total. The van der Waals surface area contributed by atoms with Crippen LogP contribution < -0.4 is 5.32 Å². The molecule has 3 rings (SSSR count). The molecule has 0 atom stereocenters. The summed E-state index contributed by atoms with van der Waals surface area (Å²) in [5.41, 5.74) is 1.66. The van der Waals surface area contributed by atoms with Crippen LogP contribution in [0.4, 0.5) is 4.39 Å². The number of aromatic nitrogens is 2. The van der Waals surface area contributed by atoms with Gasteiger partial charge in [-0.3, -0.25) is 9.78 Å². The molecule has 0 spiro atoms. The summed E-state index contributed by atoms with van der Waals surface area (Å²) in [5.74, 6) is -0.402. The predicted octanol–water partition coefficient (Wildman–Crippen LogP) is 2.53. The first-order chi connectivity index (χ1) is 10.7. The van der Waals surface area contributed by atoms with Crippen LogP contribution in [0.2, 0.25) is 0 Å². The largest absolute Gasteiger partial charge is 0.354 e. The smallest absolute Gasteiger partial charge is 0.239 e. The summed E-state index contributed by atoms with van der Waals surface area (Å²) < 4.78 is 15.0. The van der Waals surface area contributed by atoms with E-state index >= 15 is 0 Å². The van der Waals surface area contributed by atoms with Crippen LogP contribution in [0.25, 0.3) is 10.9 Å². The Balaban J connectivity index is 1.58. The number of carbonyl (C=O) groups is 1. The first-order valence-electron chi connectivity index (χ1n) is 7.13. The average molecular weight is 297 g/mol. The first kappa shape index (κ1) is 14.3. The number of hydrogen-bond acceptors (Lipinski definition) is 2. The Bertz CT molecular complexity index is 783. The van der Waals surface area contributed by atoms with Gasteiger partial charge in [0.1, 0.15) is 12.4 Å². The van der Waals surface area contributed by atoms with Gasteiger partial charge in [0.15, 0.2) is 0 Å². The van der Waals surface area contributed by atoms with E-state index in [0.29, 0.717) is 13.0 Å². The fraction of sp³-hybridized carbons (Fsp3) is 0.176. The lowest BCUT2D eigenvalue weighted by Gasteiger charge is -2.07. The molecule has 1 amide bonds. The third kappa shape index (κ3) is 3.31. The summed E-state index contributed by atoms with van der Waals surface area (Å²) in [7, 11) is 0. The topological polar surface area (TPSA) is 46.9 Å². The first-order valence-corrected chi connectivity index (χ1v) is 7.13. The number of benzene rings is 1. The van der Waals surface area contributed by atoms with Crippen molar-refractivity contribution in [3.8, 4) is 0 Å². The summed E-state index contributed by atoms with van der Waals surface area (Å²) in [6.07, 6.45) is 4.22. The van der Waals surface area contributed by atoms with Gasteiger partial charge in [-0.25, -0.2) is 4.39 Å². The van der Waals surface area contributed by atoms with Gasteiger partial charge in [-0.2, -0.15) is 0 Å². The van der Waals surface area contributed by atoms with E-state index in [4.69, 9.17) is 0 Å². The molecule has 0 bridgehead atoms. The zero-order valence-electron chi connectivity index (χ0n) is 12.0. The molecule has 22 heavy (non-hydrogen) atoms. The van der Waals surface area contributed by atoms with Gasteiger partial charge < -0.3 is 9.88 Å². The van der Waals surface area contributed by atoms with Gasteiger partial charge in [0.2, 0.25) is 5.91 Å². The van der Waals surface area contributed by atoms with Crippen molar-refractivity contribution in [2.24, 2.45) is 0 Å². The summed E-state index contributed by atoms with van der Waals surface area (Å²) in [6, 6.07) is 12.1. The maximum Gasteiger partial charge on any atom is 0.239 e. The molecule has 0 aliphatic rings. The number of halogens is 1. The molecule has 0 fully saturated rings. The highest BCUT2D eigenvalue weighted by molar-refractivity contribution is 5.83. The van der Waals surface area contributed by atoms with Crippen LogP contribution in [0.1, 0.15) is 5.69 Å². The van der Waals surface area contributed by atoms with Gasteiger partial charge in [0.05, 0.1) is 5.52 Å². The molecule has 112 valence electrons. The molecule has 2 aromatic heterocycles. The van der Waals surface area contributed by atoms with E-state index < -0.39 is 0 Å². The number of amides is 1. The second-order valence-corrected chi connectivity index (χ2v) is 5.07. The lowest BCUT2D eigenvalue weighted by atomic mass is 10.2. The maximum atomic E-state index is 13.3. The highest BCUT2D eigenvalue weighted by Crippen LogP contribution is 2.16. The molecule has 4 nitrogen and oxygen atoms in total. The summed E-state index contributed by atoms with van der Waals surface area (Å²) in [4.78, 5) is 16.2. The molecule has 0 radical (unpaired) electrons. The Morgan fingerprint density at radius 2 is 2.14 bits per heavy atom. The lowest BCUT2D eigenvalue weighted by molar-refractivity contribution is -0.121. The zero-order valence-corrected chi connectivity index (χ0v) is 12.0. The number of pyridine rings is 1. The minimum atomic E-state index is -0.303. The van der Waals surface area contributed by atoms with Gasteiger partial charge in [-0.05, 0) is 41.8 Å². The van der Waals surface area contributed by atoms with E-state index in [9.17, 15) is 9.18 Å². The van der Waals surface area contributed by atoms with Gasteiger partial charge in [-0.15, -0.1) is 0 Å². The second-order valence-electron chi connectivity index (χ2n) is 5.07. The van der Waals surface area contributed by atoms with E-state index in [-0.39, 0.29) is 18.3 Å². The van der Waals surface area contributed by atoms with Crippen LogP contribution in [-0.2, 0) is 17.8 Å². The Labute approximate surface area is 127 Å². The molecule has 0 saturated heterocycles. The quantitative estimate of drug-likeness (QED) is 0.786. The number of nitrogens with zero attached hydrogens (tertiary/aromatic N) is 2. The van der Waals surface area contributed by atoms with E-state index in [1.54, 1.807) is 23.0 Å². The SMILES string of the molecule is O=C(Cn1ccc2ccc(F)cc21)NCCc1ccccn1. The monoisotopic (exact) mass is 297 g/mol. The number of hydrogen-bond donors (Lipinski definition) is 1. The number of rotatable bonds is 5. The Hall–Kier alpha value is -2.69. The molecule has 2 heterocycles. The molecule has 0 aliphatic heterocycles. The third-order valence-electron chi connectivity index (χ3n) is 3.48. The van der Waals surface area contributed by atoms with Crippen LogP contribution in [-0.4, -0.2) is 22.0 Å². The maximum absolute atomic E-state index is 13.3. The Kier molecular flexibility index (Phi) is 4.14. The molecular formula is C17H16FN3O. The van der Waals surface area contributed by atoms with Crippen LogP contribution >= 0.6 is 0 Å². The fourth-order valence-corrected chi connectivity index (χ4v) is 2.38. The molecule has 3 aromatic rings. The number of nitrogens with one attached hydrogen (secondary N) is 1. The molecular weight excluding hydrogens is 281 g/mol. The Morgan fingerprint density at radius 1 is 1.23 bits per heavy atom. The standard InChI is InChI=1S/C17H16FN3O/c18-14-5-4-13-7-10-21(16(13)11-14)12-17(22)20-9-6-15-3-1-2-8-19-15/h1-5,7-8,10-11H,6,9,12H2,(H,20,22). The highest BCUT2D eigenvalue weighted by atomic mass is 19.1. The number of carbonyl (C=O) groups excluding carboxylic acids is 1. The summed E-state index contributed by atoms with van der Waals surface area (Å²) in [5, 5.41) is 3.77. The van der Waals surface area contributed by atoms with E-state index in [1.807, 2.05) is 24.3 Å². The average Bonchev–Trinajstić information content (AvgIpc) is 2.90. The van der Waals surface area contributed by atoms with Crippen molar-refractivity contribution >= 4 is 16.8 Å². The number of fused-ring (bicyclic) bond motifs is 1.